The van der Waals surface area contributed by atoms with Gasteiger partial charge in [0.05, 0.1) is 15.8 Å². The molecule has 3 aromatic rings. The molecular formula is C23H28N4O3S2. The second-order valence-corrected chi connectivity index (χ2v) is 11.3. The Bertz CT molecular complexity index is 1250. The molecule has 1 aromatic heterocycles. The minimum atomic E-state index is -3.59. The number of aryl methyl sites for hydroxylation is 3. The largest absolute Gasteiger partial charge is 0.325 e. The molecule has 0 spiro atoms. The molecule has 1 amide bonds. The Morgan fingerprint density at radius 3 is 2.47 bits per heavy atom. The first-order valence-electron chi connectivity index (χ1n) is 10.1. The van der Waals surface area contributed by atoms with Crippen molar-refractivity contribution in [1.82, 2.24) is 13.9 Å². The molecule has 0 saturated heterocycles. The van der Waals surface area contributed by atoms with E-state index in [1.165, 1.54) is 37.5 Å². The third-order valence-electron chi connectivity index (χ3n) is 5.12. The number of thioether (sulfide) groups is 1. The van der Waals surface area contributed by atoms with E-state index < -0.39 is 15.3 Å². The highest BCUT2D eigenvalue weighted by molar-refractivity contribution is 8.00. The van der Waals surface area contributed by atoms with E-state index in [1.54, 1.807) is 25.3 Å². The number of rotatable bonds is 7. The number of nitrogens with zero attached hydrogens (tertiary/aromatic N) is 3. The Balaban J connectivity index is 1.79. The molecule has 170 valence electrons. The van der Waals surface area contributed by atoms with Crippen molar-refractivity contribution in [2.24, 2.45) is 0 Å². The van der Waals surface area contributed by atoms with Gasteiger partial charge in [-0.3, -0.25) is 9.36 Å². The van der Waals surface area contributed by atoms with Gasteiger partial charge in [-0.1, -0.05) is 35.5 Å². The fourth-order valence-electron chi connectivity index (χ4n) is 3.19. The second-order valence-electron chi connectivity index (χ2n) is 7.88. The van der Waals surface area contributed by atoms with Gasteiger partial charge in [-0.15, -0.1) is 0 Å². The molecule has 32 heavy (non-hydrogen) atoms. The molecule has 2 aromatic carbocycles. The third kappa shape index (κ3) is 5.06. The Labute approximate surface area is 193 Å². The summed E-state index contributed by atoms with van der Waals surface area (Å²) in [7, 11) is -0.641. The molecule has 0 bridgehead atoms. The molecule has 0 radical (unpaired) electrons. The van der Waals surface area contributed by atoms with Gasteiger partial charge < -0.3 is 5.32 Å². The van der Waals surface area contributed by atoms with Gasteiger partial charge in [-0.25, -0.2) is 17.7 Å². The van der Waals surface area contributed by atoms with Crippen molar-refractivity contribution in [3.05, 3.63) is 65.5 Å². The van der Waals surface area contributed by atoms with E-state index in [1.807, 2.05) is 43.7 Å². The number of carbonyl (C=O) groups excluding carboxylic acids is 1. The molecule has 0 aliphatic carbocycles. The van der Waals surface area contributed by atoms with E-state index in [2.05, 4.69) is 16.4 Å². The SMILES string of the molecule is Cc1ccc(-n2ccnc2S[C@H](C)C(=O)Nc2cc(S(=O)(=O)N(C)C)ccc2C)c(C)c1. The van der Waals surface area contributed by atoms with Gasteiger partial charge in [0.2, 0.25) is 15.9 Å². The Hall–Kier alpha value is -2.62. The molecular weight excluding hydrogens is 444 g/mol. The van der Waals surface area contributed by atoms with Gasteiger partial charge in [0.15, 0.2) is 5.16 Å². The lowest BCUT2D eigenvalue weighted by atomic mass is 10.1. The third-order valence-corrected chi connectivity index (χ3v) is 8.01. The molecule has 1 atom stereocenters. The van der Waals surface area contributed by atoms with Crippen molar-refractivity contribution in [2.75, 3.05) is 19.4 Å². The van der Waals surface area contributed by atoms with Crippen LogP contribution in [0.3, 0.4) is 0 Å². The number of hydrogen-bond donors (Lipinski definition) is 1. The Morgan fingerprint density at radius 1 is 1.09 bits per heavy atom. The van der Waals surface area contributed by atoms with Crippen molar-refractivity contribution in [3.63, 3.8) is 0 Å². The van der Waals surface area contributed by atoms with Crippen molar-refractivity contribution in [3.8, 4) is 5.69 Å². The monoisotopic (exact) mass is 472 g/mol. The number of imidazole rings is 1. The van der Waals surface area contributed by atoms with Crippen LogP contribution in [0.4, 0.5) is 5.69 Å². The van der Waals surface area contributed by atoms with Gasteiger partial charge in [0, 0.05) is 32.2 Å². The highest BCUT2D eigenvalue weighted by Gasteiger charge is 2.22. The van der Waals surface area contributed by atoms with Crippen molar-refractivity contribution >= 4 is 33.4 Å². The summed E-state index contributed by atoms with van der Waals surface area (Å²) in [5, 5.41) is 3.13. The van der Waals surface area contributed by atoms with Crippen LogP contribution in [0, 0.1) is 20.8 Å². The number of benzene rings is 2. The molecule has 0 saturated carbocycles. The van der Waals surface area contributed by atoms with Crippen LogP contribution in [-0.2, 0) is 14.8 Å². The molecule has 0 fully saturated rings. The first kappa shape index (κ1) is 24.0. The normalized spacial score (nSPS) is 12.7. The van der Waals surface area contributed by atoms with Crippen LogP contribution in [0.1, 0.15) is 23.6 Å². The van der Waals surface area contributed by atoms with E-state index >= 15 is 0 Å². The van der Waals surface area contributed by atoms with E-state index in [0.29, 0.717) is 10.8 Å². The zero-order valence-corrected chi connectivity index (χ0v) is 20.7. The molecule has 3 rings (SSSR count). The summed E-state index contributed by atoms with van der Waals surface area (Å²) in [6.45, 7) is 7.72. The predicted octanol–water partition coefficient (Wildman–Crippen LogP) is 4.17. The van der Waals surface area contributed by atoms with E-state index in [-0.39, 0.29) is 10.8 Å². The van der Waals surface area contributed by atoms with E-state index in [0.717, 1.165) is 21.1 Å². The average molecular weight is 473 g/mol. The summed E-state index contributed by atoms with van der Waals surface area (Å²) in [5.41, 5.74) is 4.58. The van der Waals surface area contributed by atoms with Crippen LogP contribution in [0.5, 0.6) is 0 Å². The maximum absolute atomic E-state index is 12.9. The standard InChI is InChI=1S/C23H28N4O3S2/c1-15-7-10-21(17(3)13-15)27-12-11-24-23(27)31-18(4)22(28)25-20-14-19(9-8-16(20)2)32(29,30)26(5)6/h7-14,18H,1-6H3,(H,25,28)/t18-/m1/s1. The number of carbonyl (C=O) groups is 1. The van der Waals surface area contributed by atoms with Crippen LogP contribution >= 0.6 is 11.8 Å². The number of nitrogens with one attached hydrogen (secondary N) is 1. The van der Waals surface area contributed by atoms with Crippen LogP contribution in [0.2, 0.25) is 0 Å². The maximum atomic E-state index is 12.9. The highest BCUT2D eigenvalue weighted by atomic mass is 32.2. The fourth-order valence-corrected chi connectivity index (χ4v) is 4.99. The van der Waals surface area contributed by atoms with Gasteiger partial charge in [0.1, 0.15) is 0 Å². The van der Waals surface area contributed by atoms with Gasteiger partial charge in [0.25, 0.3) is 0 Å². The van der Waals surface area contributed by atoms with Gasteiger partial charge in [-0.2, -0.15) is 0 Å². The summed E-state index contributed by atoms with van der Waals surface area (Å²) in [6, 6.07) is 10.9. The molecule has 0 aliphatic heterocycles. The Morgan fingerprint density at radius 2 is 1.81 bits per heavy atom. The van der Waals surface area contributed by atoms with Crippen molar-refractivity contribution in [2.45, 2.75) is 43.0 Å². The lowest BCUT2D eigenvalue weighted by molar-refractivity contribution is -0.115. The lowest BCUT2D eigenvalue weighted by Gasteiger charge is -2.17. The topological polar surface area (TPSA) is 84.3 Å². The fraction of sp³-hybridized carbons (Fsp3) is 0.304. The first-order valence-corrected chi connectivity index (χ1v) is 12.4. The predicted molar refractivity (Wildman–Crippen MR) is 129 cm³/mol. The number of anilines is 1. The summed E-state index contributed by atoms with van der Waals surface area (Å²) >= 11 is 1.35. The molecule has 9 heteroatoms. The second kappa shape index (κ2) is 9.48. The zero-order valence-electron chi connectivity index (χ0n) is 19.1. The maximum Gasteiger partial charge on any atom is 0.242 e. The van der Waals surface area contributed by atoms with Crippen molar-refractivity contribution < 1.29 is 13.2 Å². The summed E-state index contributed by atoms with van der Waals surface area (Å²) in [4.78, 5) is 17.5. The first-order chi connectivity index (χ1) is 15.0. The minimum absolute atomic E-state index is 0.133. The molecule has 1 heterocycles. The smallest absolute Gasteiger partial charge is 0.242 e. The minimum Gasteiger partial charge on any atom is -0.325 e. The molecule has 1 N–H and O–H groups in total. The summed E-state index contributed by atoms with van der Waals surface area (Å²) in [5.74, 6) is -0.229. The van der Waals surface area contributed by atoms with E-state index in [9.17, 15) is 13.2 Å². The lowest BCUT2D eigenvalue weighted by Crippen LogP contribution is -2.25. The number of aromatic nitrogens is 2. The summed E-state index contributed by atoms with van der Waals surface area (Å²) in [6.07, 6.45) is 3.59. The van der Waals surface area contributed by atoms with Gasteiger partial charge in [-0.05, 0) is 57.0 Å². The zero-order chi connectivity index (χ0) is 23.6. The van der Waals surface area contributed by atoms with Crippen LogP contribution in [0.25, 0.3) is 5.69 Å². The molecule has 0 aliphatic rings. The number of sulfonamides is 1. The number of hydrogen-bond acceptors (Lipinski definition) is 5. The van der Waals surface area contributed by atoms with Crippen LogP contribution in [0.15, 0.2) is 58.8 Å². The Kier molecular flexibility index (Phi) is 7.12. The molecule has 7 nitrogen and oxygen atoms in total. The van der Waals surface area contributed by atoms with Crippen LogP contribution < -0.4 is 5.32 Å². The summed E-state index contributed by atoms with van der Waals surface area (Å²) < 4.78 is 28.0. The quantitative estimate of drug-likeness (QED) is 0.522. The number of amides is 1. The van der Waals surface area contributed by atoms with Crippen molar-refractivity contribution in [1.29, 1.82) is 0 Å². The van der Waals surface area contributed by atoms with E-state index in [4.69, 9.17) is 0 Å². The highest BCUT2D eigenvalue weighted by Crippen LogP contribution is 2.28. The molecule has 0 unspecified atom stereocenters. The average Bonchev–Trinajstić information content (AvgIpc) is 3.17. The van der Waals surface area contributed by atoms with Gasteiger partial charge >= 0.3 is 0 Å². The van der Waals surface area contributed by atoms with Crippen LogP contribution in [-0.4, -0.2) is 47.5 Å².